The van der Waals surface area contributed by atoms with E-state index >= 15 is 0 Å². The lowest BCUT2D eigenvalue weighted by molar-refractivity contribution is 0.0956. The van der Waals surface area contributed by atoms with Crippen LogP contribution in [-0.2, 0) is 13.0 Å². The number of rotatable bonds is 7. The van der Waals surface area contributed by atoms with E-state index in [1.807, 2.05) is 48.5 Å². The van der Waals surface area contributed by atoms with Crippen molar-refractivity contribution >= 4 is 16.8 Å². The number of hydrogen-bond acceptors (Lipinski definition) is 3. The second-order valence-corrected chi connectivity index (χ2v) is 6.24. The number of fused-ring (bicyclic) bond motifs is 1. The summed E-state index contributed by atoms with van der Waals surface area (Å²) in [6, 6.07) is 15.7. The molecule has 0 aliphatic carbocycles. The average Bonchev–Trinajstić information content (AvgIpc) is 3.37. The molecule has 0 saturated carbocycles. The largest absolute Gasteiger partial charge is 0.487 e. The minimum absolute atomic E-state index is 0.110. The Morgan fingerprint density at radius 3 is 2.78 bits per heavy atom. The number of nitrogens with zero attached hydrogens (tertiary/aromatic N) is 1. The van der Waals surface area contributed by atoms with Gasteiger partial charge in [0.15, 0.2) is 0 Å². The molecular formula is C21H20N4O2. The standard InChI is InChI=1S/C21H20N4O2/c26-21(23-10-9-16-11-22-14-25-16)18-12-24-20-17(18)7-4-8-19(20)27-13-15-5-2-1-3-6-15/h1-8,11-12,14,24H,9-10,13H2,(H,22,25)(H,23,26). The van der Waals surface area contributed by atoms with Gasteiger partial charge < -0.3 is 20.0 Å². The molecule has 0 spiro atoms. The maximum Gasteiger partial charge on any atom is 0.253 e. The zero-order valence-electron chi connectivity index (χ0n) is 14.7. The van der Waals surface area contributed by atoms with Crippen LogP contribution in [0.3, 0.4) is 0 Å². The fraction of sp³-hybridized carbons (Fsp3) is 0.143. The third-order valence-electron chi connectivity index (χ3n) is 4.39. The van der Waals surface area contributed by atoms with Crippen LogP contribution in [0.25, 0.3) is 10.9 Å². The molecule has 0 aliphatic rings. The number of amides is 1. The van der Waals surface area contributed by atoms with Crippen molar-refractivity contribution in [1.29, 1.82) is 0 Å². The van der Waals surface area contributed by atoms with Gasteiger partial charge in [-0.25, -0.2) is 4.98 Å². The average molecular weight is 360 g/mol. The summed E-state index contributed by atoms with van der Waals surface area (Å²) in [7, 11) is 0. The highest BCUT2D eigenvalue weighted by atomic mass is 16.5. The van der Waals surface area contributed by atoms with E-state index in [1.54, 1.807) is 18.7 Å². The number of aromatic amines is 2. The quantitative estimate of drug-likeness (QED) is 0.472. The highest BCUT2D eigenvalue weighted by molar-refractivity contribution is 6.07. The van der Waals surface area contributed by atoms with E-state index in [0.29, 0.717) is 25.1 Å². The van der Waals surface area contributed by atoms with E-state index in [9.17, 15) is 4.79 Å². The first-order chi connectivity index (χ1) is 13.3. The van der Waals surface area contributed by atoms with E-state index in [2.05, 4.69) is 20.3 Å². The molecule has 2 heterocycles. The SMILES string of the molecule is O=C(NCCc1cnc[nH]1)c1c[nH]c2c(OCc3ccccc3)cccc12. The van der Waals surface area contributed by atoms with Gasteiger partial charge in [-0.1, -0.05) is 42.5 Å². The van der Waals surface area contributed by atoms with Crippen LogP contribution in [0.2, 0.25) is 0 Å². The van der Waals surface area contributed by atoms with Gasteiger partial charge in [-0.05, 0) is 11.6 Å². The van der Waals surface area contributed by atoms with Crippen LogP contribution in [0, 0.1) is 0 Å². The van der Waals surface area contributed by atoms with Crippen molar-refractivity contribution in [3.05, 3.63) is 84.1 Å². The van der Waals surface area contributed by atoms with E-state index in [-0.39, 0.29) is 5.91 Å². The number of para-hydroxylation sites is 1. The van der Waals surface area contributed by atoms with Crippen LogP contribution in [-0.4, -0.2) is 27.4 Å². The lowest BCUT2D eigenvalue weighted by Gasteiger charge is -2.08. The lowest BCUT2D eigenvalue weighted by Crippen LogP contribution is -2.25. The molecule has 4 rings (SSSR count). The summed E-state index contributed by atoms with van der Waals surface area (Å²) in [5.74, 6) is 0.619. The van der Waals surface area contributed by atoms with Crippen molar-refractivity contribution in [3.8, 4) is 5.75 Å². The van der Waals surface area contributed by atoms with Gasteiger partial charge in [-0.2, -0.15) is 0 Å². The van der Waals surface area contributed by atoms with Gasteiger partial charge in [-0.15, -0.1) is 0 Å². The van der Waals surface area contributed by atoms with Crippen molar-refractivity contribution in [2.75, 3.05) is 6.54 Å². The van der Waals surface area contributed by atoms with Crippen LogP contribution in [0.5, 0.6) is 5.75 Å². The fourth-order valence-corrected chi connectivity index (χ4v) is 3.00. The molecule has 4 aromatic rings. The predicted molar refractivity (Wildman–Crippen MR) is 104 cm³/mol. The van der Waals surface area contributed by atoms with Crippen molar-refractivity contribution in [1.82, 2.24) is 20.3 Å². The molecule has 6 heteroatoms. The van der Waals surface area contributed by atoms with Crippen LogP contribution in [0.1, 0.15) is 21.6 Å². The number of carbonyl (C=O) groups is 1. The number of imidazole rings is 1. The minimum atomic E-state index is -0.110. The molecule has 0 radical (unpaired) electrons. The maximum absolute atomic E-state index is 12.5. The van der Waals surface area contributed by atoms with Crippen molar-refractivity contribution in [2.24, 2.45) is 0 Å². The van der Waals surface area contributed by atoms with Gasteiger partial charge in [0.05, 0.1) is 17.4 Å². The summed E-state index contributed by atoms with van der Waals surface area (Å²) in [5.41, 5.74) is 3.52. The smallest absolute Gasteiger partial charge is 0.253 e. The van der Waals surface area contributed by atoms with Gasteiger partial charge in [0.25, 0.3) is 5.91 Å². The second kappa shape index (κ2) is 7.78. The van der Waals surface area contributed by atoms with E-state index in [1.165, 1.54) is 0 Å². The topological polar surface area (TPSA) is 82.8 Å². The highest BCUT2D eigenvalue weighted by Crippen LogP contribution is 2.28. The molecule has 27 heavy (non-hydrogen) atoms. The first-order valence-electron chi connectivity index (χ1n) is 8.83. The maximum atomic E-state index is 12.5. The Balaban J connectivity index is 1.45. The van der Waals surface area contributed by atoms with Crippen molar-refractivity contribution in [3.63, 3.8) is 0 Å². The van der Waals surface area contributed by atoms with Gasteiger partial charge >= 0.3 is 0 Å². The molecule has 6 nitrogen and oxygen atoms in total. The Bertz CT molecular complexity index is 1020. The Kier molecular flexibility index (Phi) is 4.87. The van der Waals surface area contributed by atoms with Gasteiger partial charge in [0, 0.05) is 36.4 Å². The number of carbonyl (C=O) groups excluding carboxylic acids is 1. The second-order valence-electron chi connectivity index (χ2n) is 6.24. The molecule has 0 atom stereocenters. The molecule has 0 unspecified atom stereocenters. The van der Waals surface area contributed by atoms with Crippen LogP contribution < -0.4 is 10.1 Å². The first-order valence-corrected chi connectivity index (χ1v) is 8.83. The third kappa shape index (κ3) is 3.84. The summed E-state index contributed by atoms with van der Waals surface area (Å²) in [6.45, 7) is 1.02. The Hall–Kier alpha value is -3.54. The normalized spacial score (nSPS) is 10.8. The third-order valence-corrected chi connectivity index (χ3v) is 4.39. The molecule has 0 fully saturated rings. The molecule has 2 aromatic carbocycles. The Morgan fingerprint density at radius 2 is 1.96 bits per heavy atom. The van der Waals surface area contributed by atoms with E-state index in [0.717, 1.165) is 27.9 Å². The lowest BCUT2D eigenvalue weighted by atomic mass is 10.1. The Morgan fingerprint density at radius 1 is 1.07 bits per heavy atom. The molecule has 0 bridgehead atoms. The minimum Gasteiger partial charge on any atom is -0.487 e. The van der Waals surface area contributed by atoms with Gasteiger partial charge in [0.2, 0.25) is 0 Å². The monoisotopic (exact) mass is 360 g/mol. The number of hydrogen-bond donors (Lipinski definition) is 3. The molecule has 3 N–H and O–H groups in total. The summed E-state index contributed by atoms with van der Waals surface area (Å²) in [6.07, 6.45) is 5.83. The number of ether oxygens (including phenoxy) is 1. The summed E-state index contributed by atoms with van der Waals surface area (Å²) >= 11 is 0. The number of benzene rings is 2. The Labute approximate surface area is 156 Å². The van der Waals surface area contributed by atoms with Crippen LogP contribution >= 0.6 is 0 Å². The summed E-state index contributed by atoms with van der Waals surface area (Å²) in [4.78, 5) is 22.7. The van der Waals surface area contributed by atoms with Crippen LogP contribution in [0.4, 0.5) is 0 Å². The highest BCUT2D eigenvalue weighted by Gasteiger charge is 2.14. The van der Waals surface area contributed by atoms with Crippen molar-refractivity contribution < 1.29 is 9.53 Å². The number of nitrogens with one attached hydrogen (secondary N) is 3. The zero-order valence-corrected chi connectivity index (χ0v) is 14.7. The van der Waals surface area contributed by atoms with Crippen LogP contribution in [0.15, 0.2) is 67.3 Å². The van der Waals surface area contributed by atoms with E-state index < -0.39 is 0 Å². The predicted octanol–water partition coefficient (Wildman–Crippen LogP) is 3.44. The zero-order chi connectivity index (χ0) is 18.5. The molecular weight excluding hydrogens is 340 g/mol. The van der Waals surface area contributed by atoms with Gasteiger partial charge in [0.1, 0.15) is 12.4 Å². The fourth-order valence-electron chi connectivity index (χ4n) is 3.00. The molecule has 1 amide bonds. The molecule has 136 valence electrons. The molecule has 0 aliphatic heterocycles. The number of H-pyrrole nitrogens is 2. The molecule has 0 saturated heterocycles. The van der Waals surface area contributed by atoms with Crippen molar-refractivity contribution in [2.45, 2.75) is 13.0 Å². The van der Waals surface area contributed by atoms with E-state index in [4.69, 9.17) is 4.74 Å². The molecule has 2 aromatic heterocycles. The summed E-state index contributed by atoms with van der Waals surface area (Å²) < 4.78 is 5.95. The van der Waals surface area contributed by atoms with Gasteiger partial charge in [-0.3, -0.25) is 4.79 Å². The summed E-state index contributed by atoms with van der Waals surface area (Å²) in [5, 5.41) is 3.79. The first kappa shape index (κ1) is 16.9. The number of aromatic nitrogens is 3.